The molecule has 3 rings (SSSR count). The van der Waals surface area contributed by atoms with E-state index in [1.54, 1.807) is 10.9 Å². The van der Waals surface area contributed by atoms with Crippen LogP contribution in [0.5, 0.6) is 0 Å². The van der Waals surface area contributed by atoms with E-state index in [9.17, 15) is 0 Å². The number of likely N-dealkylation sites (N-methyl/N-ethyl adjacent to an activating group) is 1. The van der Waals surface area contributed by atoms with Gasteiger partial charge in [-0.25, -0.2) is 0 Å². The average molecular weight is 329 g/mol. The molecule has 0 aliphatic carbocycles. The molecule has 2 heterocycles. The first kappa shape index (κ1) is 16.8. The van der Waals surface area contributed by atoms with Gasteiger partial charge in [0.05, 0.1) is 25.0 Å². The first-order valence-corrected chi connectivity index (χ1v) is 8.72. The molecule has 2 N–H and O–H groups in total. The Balaban J connectivity index is 1.63. The molecule has 0 radical (unpaired) electrons. The van der Waals surface area contributed by atoms with Gasteiger partial charge in [0.15, 0.2) is 0 Å². The standard InChI is InChI=1S/C18H27N5O/c1-2-21-7-9-22(10-8-21)18-6-4-3-5-16(18)13-19-17-14-20-23(15-17)11-12-24/h3-6,14-15,19,24H,2,7-13H2,1H3. The molecule has 0 spiro atoms. The molecule has 0 atom stereocenters. The molecule has 1 aromatic carbocycles. The van der Waals surface area contributed by atoms with Gasteiger partial charge in [0.1, 0.15) is 0 Å². The molecule has 0 unspecified atom stereocenters. The normalized spacial score (nSPS) is 15.7. The molecule has 24 heavy (non-hydrogen) atoms. The Hall–Kier alpha value is -2.05. The highest BCUT2D eigenvalue weighted by Crippen LogP contribution is 2.23. The summed E-state index contributed by atoms with van der Waals surface area (Å²) in [5.74, 6) is 0. The van der Waals surface area contributed by atoms with Gasteiger partial charge in [-0.2, -0.15) is 5.10 Å². The molecule has 2 aromatic rings. The number of nitrogens with zero attached hydrogens (tertiary/aromatic N) is 4. The number of para-hydroxylation sites is 1. The SMILES string of the molecule is CCN1CCN(c2ccccc2CNc2cnn(CCO)c2)CC1. The van der Waals surface area contributed by atoms with E-state index in [2.05, 4.69) is 51.4 Å². The Bertz CT molecular complexity index is 634. The molecule has 1 aromatic heterocycles. The van der Waals surface area contributed by atoms with Crippen molar-refractivity contribution in [1.29, 1.82) is 0 Å². The van der Waals surface area contributed by atoms with Crippen molar-refractivity contribution in [2.24, 2.45) is 0 Å². The summed E-state index contributed by atoms with van der Waals surface area (Å²) in [5, 5.41) is 16.6. The van der Waals surface area contributed by atoms with Crippen molar-refractivity contribution in [1.82, 2.24) is 14.7 Å². The lowest BCUT2D eigenvalue weighted by molar-refractivity contribution is 0.269. The molecule has 1 saturated heterocycles. The van der Waals surface area contributed by atoms with Crippen molar-refractivity contribution in [2.75, 3.05) is 49.5 Å². The summed E-state index contributed by atoms with van der Waals surface area (Å²) < 4.78 is 1.75. The number of aliphatic hydroxyl groups excluding tert-OH is 1. The number of hydrogen-bond acceptors (Lipinski definition) is 5. The highest BCUT2D eigenvalue weighted by Gasteiger charge is 2.17. The van der Waals surface area contributed by atoms with Crippen molar-refractivity contribution in [3.63, 3.8) is 0 Å². The lowest BCUT2D eigenvalue weighted by Crippen LogP contribution is -2.46. The zero-order chi connectivity index (χ0) is 16.8. The predicted molar refractivity (Wildman–Crippen MR) is 97.4 cm³/mol. The molecule has 0 amide bonds. The van der Waals surface area contributed by atoms with Crippen LogP contribution in [0.25, 0.3) is 0 Å². The van der Waals surface area contributed by atoms with Gasteiger partial charge >= 0.3 is 0 Å². The predicted octanol–water partition coefficient (Wildman–Crippen LogP) is 1.63. The molecule has 1 aliphatic rings. The molecule has 130 valence electrons. The van der Waals surface area contributed by atoms with Crippen molar-refractivity contribution in [3.8, 4) is 0 Å². The van der Waals surface area contributed by atoms with Crippen LogP contribution in [-0.4, -0.2) is 59.1 Å². The third-order valence-electron chi connectivity index (χ3n) is 4.60. The van der Waals surface area contributed by atoms with E-state index in [1.165, 1.54) is 11.3 Å². The van der Waals surface area contributed by atoms with E-state index >= 15 is 0 Å². The van der Waals surface area contributed by atoms with E-state index in [-0.39, 0.29) is 6.61 Å². The van der Waals surface area contributed by atoms with Crippen LogP contribution < -0.4 is 10.2 Å². The van der Waals surface area contributed by atoms with E-state index in [4.69, 9.17) is 5.11 Å². The molecular weight excluding hydrogens is 302 g/mol. The Morgan fingerprint density at radius 1 is 1.17 bits per heavy atom. The third-order valence-corrected chi connectivity index (χ3v) is 4.60. The maximum absolute atomic E-state index is 8.96. The lowest BCUT2D eigenvalue weighted by Gasteiger charge is -2.36. The fraction of sp³-hybridized carbons (Fsp3) is 0.500. The quantitative estimate of drug-likeness (QED) is 0.809. The summed E-state index contributed by atoms with van der Waals surface area (Å²) in [6.07, 6.45) is 3.73. The first-order chi connectivity index (χ1) is 11.8. The molecule has 1 fully saturated rings. The molecule has 0 saturated carbocycles. The summed E-state index contributed by atoms with van der Waals surface area (Å²) in [6, 6.07) is 8.61. The molecule has 0 bridgehead atoms. The molecule has 1 aliphatic heterocycles. The minimum atomic E-state index is 0.105. The van der Waals surface area contributed by atoms with E-state index in [0.29, 0.717) is 6.54 Å². The van der Waals surface area contributed by atoms with Crippen LogP contribution in [0.1, 0.15) is 12.5 Å². The minimum absolute atomic E-state index is 0.105. The number of piperazine rings is 1. The number of aromatic nitrogens is 2. The summed E-state index contributed by atoms with van der Waals surface area (Å²) in [5.41, 5.74) is 3.61. The van der Waals surface area contributed by atoms with Crippen LogP contribution in [0, 0.1) is 0 Å². The van der Waals surface area contributed by atoms with Crippen molar-refractivity contribution in [3.05, 3.63) is 42.2 Å². The smallest absolute Gasteiger partial charge is 0.0729 e. The van der Waals surface area contributed by atoms with Crippen LogP contribution in [0.4, 0.5) is 11.4 Å². The Morgan fingerprint density at radius 3 is 2.71 bits per heavy atom. The Morgan fingerprint density at radius 2 is 1.96 bits per heavy atom. The second-order valence-electron chi connectivity index (χ2n) is 6.12. The zero-order valence-electron chi connectivity index (χ0n) is 14.4. The number of anilines is 2. The highest BCUT2D eigenvalue weighted by molar-refractivity contribution is 5.55. The number of aliphatic hydroxyl groups is 1. The topological polar surface area (TPSA) is 56.6 Å². The third kappa shape index (κ3) is 4.07. The van der Waals surface area contributed by atoms with Gasteiger partial charge in [-0.1, -0.05) is 25.1 Å². The van der Waals surface area contributed by atoms with Crippen molar-refractivity contribution < 1.29 is 5.11 Å². The van der Waals surface area contributed by atoms with Crippen LogP contribution >= 0.6 is 0 Å². The largest absolute Gasteiger partial charge is 0.394 e. The molecule has 6 nitrogen and oxygen atoms in total. The van der Waals surface area contributed by atoms with Crippen LogP contribution in [0.15, 0.2) is 36.7 Å². The van der Waals surface area contributed by atoms with Gasteiger partial charge < -0.3 is 20.2 Å². The van der Waals surface area contributed by atoms with Gasteiger partial charge in [0.2, 0.25) is 0 Å². The highest BCUT2D eigenvalue weighted by atomic mass is 16.3. The minimum Gasteiger partial charge on any atom is -0.394 e. The second kappa shape index (κ2) is 8.17. The number of nitrogens with one attached hydrogen (secondary N) is 1. The van der Waals surface area contributed by atoms with E-state index in [0.717, 1.165) is 45.0 Å². The van der Waals surface area contributed by atoms with Gasteiger partial charge in [-0.3, -0.25) is 4.68 Å². The van der Waals surface area contributed by atoms with E-state index in [1.807, 2.05) is 6.20 Å². The van der Waals surface area contributed by atoms with E-state index < -0.39 is 0 Å². The van der Waals surface area contributed by atoms with Crippen molar-refractivity contribution >= 4 is 11.4 Å². The molecule has 6 heteroatoms. The van der Waals surface area contributed by atoms with Crippen LogP contribution in [-0.2, 0) is 13.1 Å². The number of benzene rings is 1. The van der Waals surface area contributed by atoms with Crippen molar-refractivity contribution in [2.45, 2.75) is 20.0 Å². The maximum atomic E-state index is 8.96. The Labute approximate surface area is 143 Å². The monoisotopic (exact) mass is 329 g/mol. The van der Waals surface area contributed by atoms with Crippen LogP contribution in [0.2, 0.25) is 0 Å². The lowest BCUT2D eigenvalue weighted by atomic mass is 10.1. The maximum Gasteiger partial charge on any atom is 0.0729 e. The second-order valence-corrected chi connectivity index (χ2v) is 6.12. The van der Waals surface area contributed by atoms with Gasteiger partial charge in [-0.15, -0.1) is 0 Å². The van der Waals surface area contributed by atoms with Crippen LogP contribution in [0.3, 0.4) is 0 Å². The summed E-state index contributed by atoms with van der Waals surface area (Å²) in [7, 11) is 0. The fourth-order valence-electron chi connectivity index (χ4n) is 3.15. The van der Waals surface area contributed by atoms with Gasteiger partial charge in [0, 0.05) is 44.6 Å². The summed E-state index contributed by atoms with van der Waals surface area (Å²) in [6.45, 7) is 9.19. The first-order valence-electron chi connectivity index (χ1n) is 8.72. The Kier molecular flexibility index (Phi) is 5.72. The van der Waals surface area contributed by atoms with Gasteiger partial charge in [-0.05, 0) is 18.2 Å². The average Bonchev–Trinajstić information content (AvgIpc) is 3.08. The fourth-order valence-corrected chi connectivity index (χ4v) is 3.15. The zero-order valence-corrected chi connectivity index (χ0v) is 14.4. The summed E-state index contributed by atoms with van der Waals surface area (Å²) >= 11 is 0. The number of rotatable bonds is 7. The summed E-state index contributed by atoms with van der Waals surface area (Å²) in [4.78, 5) is 4.98. The van der Waals surface area contributed by atoms with Gasteiger partial charge in [0.25, 0.3) is 0 Å². The molecular formula is C18H27N5O. The number of hydrogen-bond donors (Lipinski definition) is 2.